The van der Waals surface area contributed by atoms with Gasteiger partial charge in [0.15, 0.2) is 11.5 Å². The molecule has 18 heavy (non-hydrogen) atoms. The summed E-state index contributed by atoms with van der Waals surface area (Å²) in [6.45, 7) is 0.204. The fraction of sp³-hybridized carbons (Fsp3) is 0.333. The van der Waals surface area contributed by atoms with Crippen LogP contribution in [-0.2, 0) is 4.79 Å². The number of hydrogen-bond donors (Lipinski definition) is 3. The minimum atomic E-state index is -0.449. The number of para-hydroxylation sites is 1. The lowest BCUT2D eigenvalue weighted by atomic mass is 10.1. The van der Waals surface area contributed by atoms with Crippen molar-refractivity contribution in [3.8, 4) is 11.5 Å². The highest BCUT2D eigenvalue weighted by atomic mass is 16.5. The van der Waals surface area contributed by atoms with Crippen LogP contribution < -0.4 is 15.4 Å². The van der Waals surface area contributed by atoms with E-state index < -0.39 is 5.91 Å². The van der Waals surface area contributed by atoms with Gasteiger partial charge in [-0.3, -0.25) is 9.59 Å². The molecule has 0 atom stereocenters. The maximum absolute atomic E-state index is 11.7. The SMILES string of the molecule is CNC(=O)CCNC(=O)c1cccc(OC)c1O. The minimum Gasteiger partial charge on any atom is -0.504 e. The summed E-state index contributed by atoms with van der Waals surface area (Å²) >= 11 is 0. The summed E-state index contributed by atoms with van der Waals surface area (Å²) in [5.41, 5.74) is 0.117. The third-order valence-electron chi connectivity index (χ3n) is 2.38. The number of carbonyl (C=O) groups excluding carboxylic acids is 2. The van der Waals surface area contributed by atoms with Crippen LogP contribution in [0.5, 0.6) is 11.5 Å². The second-order valence-corrected chi connectivity index (χ2v) is 3.54. The van der Waals surface area contributed by atoms with Crippen LogP contribution in [0.3, 0.4) is 0 Å². The first-order chi connectivity index (χ1) is 8.60. The fourth-order valence-corrected chi connectivity index (χ4v) is 1.38. The molecule has 6 nitrogen and oxygen atoms in total. The van der Waals surface area contributed by atoms with Crippen LogP contribution >= 0.6 is 0 Å². The van der Waals surface area contributed by atoms with Gasteiger partial charge in [-0.15, -0.1) is 0 Å². The average Bonchev–Trinajstić information content (AvgIpc) is 2.38. The Kier molecular flexibility index (Phi) is 4.98. The van der Waals surface area contributed by atoms with Gasteiger partial charge in [-0.25, -0.2) is 0 Å². The molecule has 0 heterocycles. The van der Waals surface area contributed by atoms with Crippen molar-refractivity contribution in [2.45, 2.75) is 6.42 Å². The van der Waals surface area contributed by atoms with Gasteiger partial charge in [-0.05, 0) is 12.1 Å². The van der Waals surface area contributed by atoms with Gasteiger partial charge in [0.05, 0.1) is 12.7 Å². The number of amides is 2. The fourth-order valence-electron chi connectivity index (χ4n) is 1.38. The Morgan fingerprint density at radius 1 is 1.39 bits per heavy atom. The minimum absolute atomic E-state index is 0.117. The quantitative estimate of drug-likeness (QED) is 0.701. The predicted octanol–water partition coefficient (Wildman–Crippen LogP) is 0.267. The van der Waals surface area contributed by atoms with E-state index in [1.165, 1.54) is 20.2 Å². The molecule has 0 fully saturated rings. The zero-order valence-electron chi connectivity index (χ0n) is 10.3. The molecule has 1 aromatic rings. The molecule has 1 aromatic carbocycles. The number of aromatic hydroxyl groups is 1. The Hall–Kier alpha value is -2.24. The molecule has 1 rings (SSSR count). The number of phenolic OH excluding ortho intramolecular Hbond substituents is 1. The molecule has 0 unspecified atom stereocenters. The van der Waals surface area contributed by atoms with Crippen molar-refractivity contribution >= 4 is 11.8 Å². The van der Waals surface area contributed by atoms with E-state index in [0.29, 0.717) is 0 Å². The highest BCUT2D eigenvalue weighted by Crippen LogP contribution is 2.28. The molecule has 0 aliphatic rings. The first-order valence-electron chi connectivity index (χ1n) is 5.45. The zero-order chi connectivity index (χ0) is 13.5. The lowest BCUT2D eigenvalue weighted by molar-refractivity contribution is -0.120. The highest BCUT2D eigenvalue weighted by Gasteiger charge is 2.14. The van der Waals surface area contributed by atoms with Gasteiger partial charge in [0.2, 0.25) is 5.91 Å². The van der Waals surface area contributed by atoms with Gasteiger partial charge in [0.1, 0.15) is 0 Å². The molecule has 0 saturated carbocycles. The molecule has 3 N–H and O–H groups in total. The van der Waals surface area contributed by atoms with Gasteiger partial charge >= 0.3 is 0 Å². The van der Waals surface area contributed by atoms with E-state index in [0.717, 1.165) is 0 Å². The van der Waals surface area contributed by atoms with Crippen LogP contribution in [0.25, 0.3) is 0 Å². The zero-order valence-corrected chi connectivity index (χ0v) is 10.3. The van der Waals surface area contributed by atoms with E-state index in [1.807, 2.05) is 0 Å². The van der Waals surface area contributed by atoms with Crippen molar-refractivity contribution in [1.29, 1.82) is 0 Å². The molecule has 0 bridgehead atoms. The number of carbonyl (C=O) groups is 2. The normalized spacial score (nSPS) is 9.67. The molecule has 6 heteroatoms. The van der Waals surface area contributed by atoms with Crippen LogP contribution in [0, 0.1) is 0 Å². The molecule has 0 radical (unpaired) electrons. The lowest BCUT2D eigenvalue weighted by Gasteiger charge is -2.09. The number of phenols is 1. The van der Waals surface area contributed by atoms with Crippen LogP contribution in [0.1, 0.15) is 16.8 Å². The van der Waals surface area contributed by atoms with E-state index in [-0.39, 0.29) is 35.9 Å². The van der Waals surface area contributed by atoms with Gasteiger partial charge in [0, 0.05) is 20.0 Å². The Bertz CT molecular complexity index is 446. The summed E-state index contributed by atoms with van der Waals surface area (Å²) in [4.78, 5) is 22.7. The van der Waals surface area contributed by atoms with Gasteiger partial charge in [-0.2, -0.15) is 0 Å². The Morgan fingerprint density at radius 3 is 2.72 bits per heavy atom. The van der Waals surface area contributed by atoms with Crippen molar-refractivity contribution < 1.29 is 19.4 Å². The van der Waals surface area contributed by atoms with E-state index in [4.69, 9.17) is 4.74 Å². The maximum Gasteiger partial charge on any atom is 0.255 e. The highest BCUT2D eigenvalue weighted by molar-refractivity contribution is 5.97. The lowest BCUT2D eigenvalue weighted by Crippen LogP contribution is -2.29. The van der Waals surface area contributed by atoms with Crippen molar-refractivity contribution in [2.24, 2.45) is 0 Å². The van der Waals surface area contributed by atoms with E-state index in [2.05, 4.69) is 10.6 Å². The molecular formula is C12H16N2O4. The van der Waals surface area contributed by atoms with Crippen LogP contribution in [0.4, 0.5) is 0 Å². The molecular weight excluding hydrogens is 236 g/mol. The third kappa shape index (κ3) is 3.38. The maximum atomic E-state index is 11.7. The first kappa shape index (κ1) is 13.8. The molecule has 2 amide bonds. The second kappa shape index (κ2) is 6.48. The number of ether oxygens (including phenoxy) is 1. The summed E-state index contributed by atoms with van der Waals surface area (Å²) in [6, 6.07) is 4.63. The van der Waals surface area contributed by atoms with E-state index >= 15 is 0 Å². The van der Waals surface area contributed by atoms with Crippen LogP contribution in [0.2, 0.25) is 0 Å². The molecule has 0 aliphatic heterocycles. The van der Waals surface area contributed by atoms with E-state index in [1.54, 1.807) is 12.1 Å². The Balaban J connectivity index is 2.64. The number of rotatable bonds is 5. The summed E-state index contributed by atoms with van der Waals surface area (Å²) in [5.74, 6) is -0.591. The Morgan fingerprint density at radius 2 is 2.11 bits per heavy atom. The van der Waals surface area contributed by atoms with Gasteiger partial charge in [-0.1, -0.05) is 6.07 Å². The van der Waals surface area contributed by atoms with Crippen molar-refractivity contribution in [1.82, 2.24) is 10.6 Å². The van der Waals surface area contributed by atoms with Crippen molar-refractivity contribution in [3.63, 3.8) is 0 Å². The molecule has 0 spiro atoms. The van der Waals surface area contributed by atoms with Crippen molar-refractivity contribution in [3.05, 3.63) is 23.8 Å². The van der Waals surface area contributed by atoms with Crippen LogP contribution in [-0.4, -0.2) is 37.6 Å². The number of hydrogen-bond acceptors (Lipinski definition) is 4. The van der Waals surface area contributed by atoms with Gasteiger partial charge < -0.3 is 20.5 Å². The molecule has 0 aromatic heterocycles. The average molecular weight is 252 g/mol. The smallest absolute Gasteiger partial charge is 0.255 e. The summed E-state index contributed by atoms with van der Waals surface area (Å²) in [6.07, 6.45) is 0.187. The van der Waals surface area contributed by atoms with E-state index in [9.17, 15) is 14.7 Å². The number of benzene rings is 1. The summed E-state index contributed by atoms with van der Waals surface area (Å²) in [5, 5.41) is 14.7. The third-order valence-corrected chi connectivity index (χ3v) is 2.38. The monoisotopic (exact) mass is 252 g/mol. The van der Waals surface area contributed by atoms with Crippen molar-refractivity contribution in [2.75, 3.05) is 20.7 Å². The van der Waals surface area contributed by atoms with Crippen LogP contribution in [0.15, 0.2) is 18.2 Å². The summed E-state index contributed by atoms with van der Waals surface area (Å²) < 4.78 is 4.90. The largest absolute Gasteiger partial charge is 0.504 e. The Labute approximate surface area is 105 Å². The summed E-state index contributed by atoms with van der Waals surface area (Å²) in [7, 11) is 2.93. The molecule has 98 valence electrons. The molecule has 0 saturated heterocycles. The molecule has 0 aliphatic carbocycles. The first-order valence-corrected chi connectivity index (χ1v) is 5.45. The topological polar surface area (TPSA) is 87.7 Å². The number of nitrogens with one attached hydrogen (secondary N) is 2. The standard InChI is InChI=1S/C12H16N2O4/c1-13-10(15)6-7-14-12(17)8-4-3-5-9(18-2)11(8)16/h3-5,16H,6-7H2,1-2H3,(H,13,15)(H,14,17). The number of methoxy groups -OCH3 is 1. The second-order valence-electron chi connectivity index (χ2n) is 3.54. The van der Waals surface area contributed by atoms with Gasteiger partial charge in [0.25, 0.3) is 5.91 Å². The predicted molar refractivity (Wildman–Crippen MR) is 65.7 cm³/mol.